The second-order valence-corrected chi connectivity index (χ2v) is 5.27. The summed E-state index contributed by atoms with van der Waals surface area (Å²) in [5.74, 6) is -0.761. The third-order valence-corrected chi connectivity index (χ3v) is 3.64. The number of pyridine rings is 1. The SMILES string of the molecule is O=C(NC1CN(C(=O)O)C1)c1cccnc1-c1cccc(F)c1. The molecule has 0 unspecified atom stereocenters. The van der Waals surface area contributed by atoms with Gasteiger partial charge in [0.15, 0.2) is 0 Å². The van der Waals surface area contributed by atoms with E-state index in [2.05, 4.69) is 10.3 Å². The summed E-state index contributed by atoms with van der Waals surface area (Å²) in [6.45, 7) is 0.521. The van der Waals surface area contributed by atoms with Gasteiger partial charge in [0.25, 0.3) is 5.91 Å². The van der Waals surface area contributed by atoms with E-state index in [1.807, 2.05) is 0 Å². The molecule has 1 saturated heterocycles. The molecule has 3 rings (SSSR count). The molecule has 1 aromatic carbocycles. The van der Waals surface area contributed by atoms with E-state index >= 15 is 0 Å². The number of likely N-dealkylation sites (tertiary alicyclic amines) is 1. The van der Waals surface area contributed by atoms with Crippen LogP contribution in [-0.2, 0) is 0 Å². The van der Waals surface area contributed by atoms with Crippen molar-refractivity contribution in [1.82, 2.24) is 15.2 Å². The lowest BCUT2D eigenvalue weighted by Gasteiger charge is -2.37. The Morgan fingerprint density at radius 1 is 1.26 bits per heavy atom. The number of hydrogen-bond donors (Lipinski definition) is 2. The number of carboxylic acid groups (broad SMARTS) is 1. The molecule has 2 N–H and O–H groups in total. The zero-order chi connectivity index (χ0) is 16.4. The van der Waals surface area contributed by atoms with E-state index in [1.54, 1.807) is 24.3 Å². The van der Waals surface area contributed by atoms with E-state index in [0.29, 0.717) is 16.8 Å². The molecule has 1 aromatic heterocycles. The Kier molecular flexibility index (Phi) is 3.92. The second-order valence-electron chi connectivity index (χ2n) is 5.27. The molecule has 23 heavy (non-hydrogen) atoms. The zero-order valence-electron chi connectivity index (χ0n) is 12.1. The lowest BCUT2D eigenvalue weighted by molar-refractivity contribution is 0.0768. The molecule has 0 bridgehead atoms. The standard InChI is InChI=1S/C16H14FN3O3/c17-11-4-1-3-10(7-11)14-13(5-2-6-18-14)15(21)19-12-8-20(9-12)16(22)23/h1-7,12H,8-9H2,(H,19,21)(H,22,23). The highest BCUT2D eigenvalue weighted by molar-refractivity contribution is 6.00. The van der Waals surface area contributed by atoms with Gasteiger partial charge in [0, 0.05) is 24.8 Å². The Morgan fingerprint density at radius 3 is 2.74 bits per heavy atom. The molecule has 0 radical (unpaired) electrons. The smallest absolute Gasteiger partial charge is 0.407 e. The van der Waals surface area contributed by atoms with Gasteiger partial charge < -0.3 is 15.3 Å². The fourth-order valence-electron chi connectivity index (χ4n) is 2.44. The van der Waals surface area contributed by atoms with Crippen LogP contribution in [0.15, 0.2) is 42.6 Å². The molecule has 2 amide bonds. The highest BCUT2D eigenvalue weighted by atomic mass is 19.1. The summed E-state index contributed by atoms with van der Waals surface area (Å²) in [6.07, 6.45) is 0.532. The Balaban J connectivity index is 1.78. The molecule has 1 aliphatic heterocycles. The Labute approximate surface area is 131 Å². The van der Waals surface area contributed by atoms with Gasteiger partial charge in [0.05, 0.1) is 17.3 Å². The molecule has 1 fully saturated rings. The van der Waals surface area contributed by atoms with E-state index in [0.717, 1.165) is 0 Å². The van der Waals surface area contributed by atoms with Gasteiger partial charge in [0.1, 0.15) is 5.82 Å². The Morgan fingerprint density at radius 2 is 2.04 bits per heavy atom. The number of nitrogens with zero attached hydrogens (tertiary/aromatic N) is 2. The van der Waals surface area contributed by atoms with E-state index in [1.165, 1.54) is 23.2 Å². The average molecular weight is 315 g/mol. The summed E-state index contributed by atoms with van der Waals surface area (Å²) >= 11 is 0. The number of hydrogen-bond acceptors (Lipinski definition) is 3. The van der Waals surface area contributed by atoms with Crippen LogP contribution in [0.2, 0.25) is 0 Å². The van der Waals surface area contributed by atoms with Crippen LogP contribution in [-0.4, -0.2) is 46.1 Å². The van der Waals surface area contributed by atoms with E-state index in [-0.39, 0.29) is 25.0 Å². The Bertz CT molecular complexity index is 760. The van der Waals surface area contributed by atoms with Gasteiger partial charge in [-0.15, -0.1) is 0 Å². The minimum atomic E-state index is -1.00. The fraction of sp³-hybridized carbons (Fsp3) is 0.188. The van der Waals surface area contributed by atoms with Crippen LogP contribution < -0.4 is 5.32 Å². The van der Waals surface area contributed by atoms with Crippen LogP contribution in [0.5, 0.6) is 0 Å². The minimum absolute atomic E-state index is 0.223. The van der Waals surface area contributed by atoms with Gasteiger partial charge in [0.2, 0.25) is 0 Å². The van der Waals surface area contributed by atoms with Gasteiger partial charge >= 0.3 is 6.09 Å². The van der Waals surface area contributed by atoms with Crippen molar-refractivity contribution in [2.75, 3.05) is 13.1 Å². The summed E-state index contributed by atoms with van der Waals surface area (Å²) in [5.41, 5.74) is 1.22. The number of amides is 2. The molecule has 2 aromatic rings. The zero-order valence-corrected chi connectivity index (χ0v) is 12.1. The van der Waals surface area contributed by atoms with Crippen molar-refractivity contribution in [1.29, 1.82) is 0 Å². The number of rotatable bonds is 3. The van der Waals surface area contributed by atoms with E-state index in [9.17, 15) is 14.0 Å². The van der Waals surface area contributed by atoms with Gasteiger partial charge in [-0.2, -0.15) is 0 Å². The molecule has 118 valence electrons. The Hall–Kier alpha value is -2.96. The third kappa shape index (κ3) is 3.13. The molecule has 0 spiro atoms. The molecular weight excluding hydrogens is 301 g/mol. The number of benzene rings is 1. The second kappa shape index (κ2) is 6.04. The number of nitrogens with one attached hydrogen (secondary N) is 1. The molecule has 2 heterocycles. The van der Waals surface area contributed by atoms with Gasteiger partial charge in [-0.05, 0) is 24.3 Å². The summed E-state index contributed by atoms with van der Waals surface area (Å²) in [5, 5.41) is 11.6. The average Bonchev–Trinajstić information content (AvgIpc) is 2.50. The summed E-state index contributed by atoms with van der Waals surface area (Å²) in [6, 6.07) is 8.88. The van der Waals surface area contributed by atoms with Crippen LogP contribution in [0.1, 0.15) is 10.4 Å². The monoisotopic (exact) mass is 315 g/mol. The third-order valence-electron chi connectivity index (χ3n) is 3.64. The highest BCUT2D eigenvalue weighted by Gasteiger charge is 2.32. The maximum atomic E-state index is 13.4. The molecule has 0 aliphatic carbocycles. The maximum Gasteiger partial charge on any atom is 0.407 e. The van der Waals surface area contributed by atoms with E-state index < -0.39 is 11.9 Å². The van der Waals surface area contributed by atoms with Crippen molar-refractivity contribution in [2.45, 2.75) is 6.04 Å². The minimum Gasteiger partial charge on any atom is -0.465 e. The van der Waals surface area contributed by atoms with Crippen molar-refractivity contribution in [3.8, 4) is 11.3 Å². The normalized spacial score (nSPS) is 14.2. The first-order valence-corrected chi connectivity index (χ1v) is 7.04. The number of halogens is 1. The topological polar surface area (TPSA) is 82.5 Å². The van der Waals surface area contributed by atoms with Crippen molar-refractivity contribution in [3.05, 3.63) is 54.0 Å². The first-order valence-electron chi connectivity index (χ1n) is 7.04. The van der Waals surface area contributed by atoms with Crippen LogP contribution in [0, 0.1) is 5.82 Å². The summed E-state index contributed by atoms with van der Waals surface area (Å²) < 4.78 is 13.4. The molecule has 0 atom stereocenters. The van der Waals surface area contributed by atoms with Crippen LogP contribution in [0.3, 0.4) is 0 Å². The predicted octanol–water partition coefficient (Wildman–Crippen LogP) is 1.98. The molecule has 1 aliphatic rings. The number of aromatic nitrogens is 1. The first kappa shape index (κ1) is 15.0. The molecule has 6 nitrogen and oxygen atoms in total. The van der Waals surface area contributed by atoms with Crippen molar-refractivity contribution in [3.63, 3.8) is 0 Å². The largest absolute Gasteiger partial charge is 0.465 e. The molecular formula is C16H14FN3O3. The summed E-state index contributed by atoms with van der Waals surface area (Å²) in [4.78, 5) is 28.5. The fourth-order valence-corrected chi connectivity index (χ4v) is 2.44. The van der Waals surface area contributed by atoms with Gasteiger partial charge in [-0.3, -0.25) is 9.78 Å². The maximum absolute atomic E-state index is 13.4. The molecule has 0 saturated carbocycles. The van der Waals surface area contributed by atoms with Crippen LogP contribution in [0.4, 0.5) is 9.18 Å². The first-order chi connectivity index (χ1) is 11.0. The highest BCUT2D eigenvalue weighted by Crippen LogP contribution is 2.22. The van der Waals surface area contributed by atoms with Gasteiger partial charge in [-0.25, -0.2) is 9.18 Å². The number of carbonyl (C=O) groups is 2. The van der Waals surface area contributed by atoms with Crippen molar-refractivity contribution < 1.29 is 19.1 Å². The lowest BCUT2D eigenvalue weighted by Crippen LogP contribution is -2.60. The summed E-state index contributed by atoms with van der Waals surface area (Å²) in [7, 11) is 0. The number of carbonyl (C=O) groups excluding carboxylic acids is 1. The lowest BCUT2D eigenvalue weighted by atomic mass is 10.0. The van der Waals surface area contributed by atoms with Crippen molar-refractivity contribution in [2.24, 2.45) is 0 Å². The van der Waals surface area contributed by atoms with E-state index in [4.69, 9.17) is 5.11 Å². The predicted molar refractivity (Wildman–Crippen MR) is 80.5 cm³/mol. The van der Waals surface area contributed by atoms with Gasteiger partial charge in [-0.1, -0.05) is 12.1 Å². The van der Waals surface area contributed by atoms with Crippen LogP contribution in [0.25, 0.3) is 11.3 Å². The molecule has 7 heteroatoms. The van der Waals surface area contributed by atoms with Crippen LogP contribution >= 0.6 is 0 Å². The van der Waals surface area contributed by atoms with Crippen molar-refractivity contribution >= 4 is 12.0 Å². The quantitative estimate of drug-likeness (QED) is 0.907.